The Hall–Kier alpha value is -4.20. The number of nitrogens with one attached hydrogen (secondary N) is 1. The van der Waals surface area contributed by atoms with Crippen molar-refractivity contribution in [3.8, 4) is 28.4 Å². The van der Waals surface area contributed by atoms with Crippen molar-refractivity contribution < 1.29 is 40.5 Å². The molecule has 9 nitrogen and oxygen atoms in total. The van der Waals surface area contributed by atoms with Crippen molar-refractivity contribution in [3.63, 3.8) is 0 Å². The molecule has 1 aliphatic carbocycles. The predicted molar refractivity (Wildman–Crippen MR) is 134 cm³/mol. The molecular formula is C27H23F5N4O5. The fourth-order valence-electron chi connectivity index (χ4n) is 4.93. The van der Waals surface area contributed by atoms with Gasteiger partial charge in [0.25, 0.3) is 5.92 Å². The van der Waals surface area contributed by atoms with Gasteiger partial charge in [0.2, 0.25) is 0 Å². The fourth-order valence-corrected chi connectivity index (χ4v) is 4.93. The lowest BCUT2D eigenvalue weighted by atomic mass is 10.0. The Morgan fingerprint density at radius 3 is 2.44 bits per heavy atom. The number of benzene rings is 2. The maximum absolute atomic E-state index is 15.3. The molecule has 1 saturated heterocycles. The monoisotopic (exact) mass is 578 g/mol. The van der Waals surface area contributed by atoms with E-state index in [2.05, 4.69) is 24.6 Å². The van der Waals surface area contributed by atoms with Crippen LogP contribution < -0.4 is 15.4 Å². The summed E-state index contributed by atoms with van der Waals surface area (Å²) in [6, 6.07) is 12.0. The average molecular weight is 578 g/mol. The van der Waals surface area contributed by atoms with E-state index in [1.807, 2.05) is 0 Å². The van der Waals surface area contributed by atoms with Gasteiger partial charge in [-0.3, -0.25) is 9.51 Å². The molecule has 2 aliphatic rings. The summed E-state index contributed by atoms with van der Waals surface area (Å²) in [6.07, 6.45) is -4.78. The van der Waals surface area contributed by atoms with Crippen LogP contribution in [0.2, 0.25) is 0 Å². The minimum atomic E-state index is -4.93. The molecule has 0 bridgehead atoms. The summed E-state index contributed by atoms with van der Waals surface area (Å²) in [4.78, 5) is 15.1. The summed E-state index contributed by atoms with van der Waals surface area (Å²) in [7, 11) is 0. The number of hydrogen-bond acceptors (Lipinski definition) is 8. The Morgan fingerprint density at radius 2 is 1.78 bits per heavy atom. The van der Waals surface area contributed by atoms with E-state index in [9.17, 15) is 18.0 Å². The Bertz CT molecular complexity index is 1580. The number of aromatic nitrogens is 3. The third-order valence-corrected chi connectivity index (χ3v) is 7.04. The average Bonchev–Trinajstić information content (AvgIpc) is 3.54. The lowest BCUT2D eigenvalue weighted by Crippen LogP contribution is -2.52. The first-order valence-corrected chi connectivity index (χ1v) is 12.8. The van der Waals surface area contributed by atoms with Gasteiger partial charge in [0.15, 0.2) is 5.82 Å². The molecule has 216 valence electrons. The Labute approximate surface area is 228 Å². The van der Waals surface area contributed by atoms with Crippen LogP contribution in [0.3, 0.4) is 0 Å². The van der Waals surface area contributed by atoms with Crippen molar-refractivity contribution >= 4 is 5.69 Å². The van der Waals surface area contributed by atoms with Crippen LogP contribution in [0.1, 0.15) is 36.5 Å². The lowest BCUT2D eigenvalue weighted by Gasteiger charge is -2.39. The number of alkyl halides is 5. The van der Waals surface area contributed by atoms with Crippen molar-refractivity contribution in [2.45, 2.75) is 50.2 Å². The maximum atomic E-state index is 15.3. The number of piperidine rings is 1. The number of anilines is 1. The van der Waals surface area contributed by atoms with Gasteiger partial charge in [-0.15, -0.1) is 13.2 Å². The topological polar surface area (TPSA) is 107 Å². The first-order chi connectivity index (χ1) is 19.6. The predicted octanol–water partition coefficient (Wildman–Crippen LogP) is 5.89. The molecule has 1 atom stereocenters. The first kappa shape index (κ1) is 27.0. The van der Waals surface area contributed by atoms with E-state index in [4.69, 9.17) is 9.26 Å². The lowest BCUT2D eigenvalue weighted by molar-refractivity contribution is -0.274. The van der Waals surface area contributed by atoms with Crippen molar-refractivity contribution in [2.24, 2.45) is 0 Å². The minimum Gasteiger partial charge on any atom is -0.405 e. The summed E-state index contributed by atoms with van der Waals surface area (Å²) in [5.74, 6) is -3.75. The van der Waals surface area contributed by atoms with Gasteiger partial charge >= 0.3 is 12.1 Å². The van der Waals surface area contributed by atoms with E-state index in [1.54, 1.807) is 24.3 Å². The van der Waals surface area contributed by atoms with Crippen LogP contribution in [-0.4, -0.2) is 46.8 Å². The molecule has 2 aromatic heterocycles. The smallest absolute Gasteiger partial charge is 0.405 e. The molecule has 1 unspecified atom stereocenters. The molecule has 0 spiro atoms. The molecule has 2 aromatic carbocycles. The molecule has 14 heteroatoms. The van der Waals surface area contributed by atoms with Gasteiger partial charge in [0.05, 0.1) is 13.2 Å². The zero-order valence-electron chi connectivity index (χ0n) is 21.3. The van der Waals surface area contributed by atoms with Gasteiger partial charge in [-0.05, 0) is 55.7 Å². The molecule has 1 aliphatic heterocycles. The van der Waals surface area contributed by atoms with E-state index in [1.165, 1.54) is 23.1 Å². The van der Waals surface area contributed by atoms with E-state index in [-0.39, 0.29) is 42.6 Å². The highest BCUT2D eigenvalue weighted by atomic mass is 19.4. The van der Waals surface area contributed by atoms with Crippen LogP contribution in [0, 0.1) is 0 Å². The number of H-pyrrole nitrogens is 1. The third kappa shape index (κ3) is 5.82. The molecule has 4 aromatic rings. The largest absolute Gasteiger partial charge is 0.573 e. The molecule has 0 radical (unpaired) electrons. The SMILES string of the molecule is O=c1[nH]c(-c2ccc(N3CCC(OCc4c(-c5ccccc5OC(F)(F)F)noc4C4CC4)C(F)(F)C3)cc2)no1. The van der Waals surface area contributed by atoms with Crippen molar-refractivity contribution in [1.29, 1.82) is 0 Å². The zero-order valence-corrected chi connectivity index (χ0v) is 21.3. The van der Waals surface area contributed by atoms with Gasteiger partial charge in [0.1, 0.15) is 23.3 Å². The second-order valence-corrected chi connectivity index (χ2v) is 9.95. The third-order valence-electron chi connectivity index (χ3n) is 7.04. The first-order valence-electron chi connectivity index (χ1n) is 12.8. The molecule has 1 saturated carbocycles. The number of para-hydroxylation sites is 1. The number of nitrogens with zero attached hydrogens (tertiary/aromatic N) is 3. The van der Waals surface area contributed by atoms with E-state index in [0.29, 0.717) is 22.6 Å². The van der Waals surface area contributed by atoms with Gasteiger partial charge in [-0.2, -0.15) is 0 Å². The Balaban J connectivity index is 1.17. The number of aromatic amines is 1. The molecule has 2 fully saturated rings. The molecular weight excluding hydrogens is 555 g/mol. The second-order valence-electron chi connectivity index (χ2n) is 9.95. The van der Waals surface area contributed by atoms with Crippen LogP contribution in [0.25, 0.3) is 22.6 Å². The van der Waals surface area contributed by atoms with E-state index in [0.717, 1.165) is 18.9 Å². The van der Waals surface area contributed by atoms with Gasteiger partial charge in [-0.1, -0.05) is 22.4 Å². The number of halogens is 5. The van der Waals surface area contributed by atoms with Gasteiger partial charge in [0, 0.05) is 34.8 Å². The summed E-state index contributed by atoms with van der Waals surface area (Å²) in [5, 5.41) is 7.60. The van der Waals surface area contributed by atoms with Crippen LogP contribution in [0.4, 0.5) is 27.6 Å². The summed E-state index contributed by atoms with van der Waals surface area (Å²) in [6.45, 7) is -0.642. The van der Waals surface area contributed by atoms with Crippen molar-refractivity contribution in [1.82, 2.24) is 15.3 Å². The minimum absolute atomic E-state index is 0.00148. The molecule has 3 heterocycles. The van der Waals surface area contributed by atoms with E-state index >= 15 is 8.78 Å². The Morgan fingerprint density at radius 1 is 1.02 bits per heavy atom. The fraction of sp³-hybridized carbons (Fsp3) is 0.370. The highest BCUT2D eigenvalue weighted by Gasteiger charge is 2.46. The number of rotatable bonds is 8. The van der Waals surface area contributed by atoms with Crippen molar-refractivity contribution in [2.75, 3.05) is 18.0 Å². The zero-order chi connectivity index (χ0) is 28.8. The summed E-state index contributed by atoms with van der Waals surface area (Å²) >= 11 is 0. The molecule has 1 N–H and O–H groups in total. The molecule has 0 amide bonds. The number of hydrogen-bond donors (Lipinski definition) is 1. The van der Waals surface area contributed by atoms with Crippen molar-refractivity contribution in [3.05, 3.63) is 70.4 Å². The van der Waals surface area contributed by atoms with E-state index < -0.39 is 36.4 Å². The normalized spacial score (nSPS) is 19.0. The molecule has 41 heavy (non-hydrogen) atoms. The Kier molecular flexibility index (Phi) is 6.80. The highest BCUT2D eigenvalue weighted by molar-refractivity contribution is 5.70. The maximum Gasteiger partial charge on any atom is 0.573 e. The summed E-state index contributed by atoms with van der Waals surface area (Å²) in [5.41, 5.74) is 1.55. The second kappa shape index (κ2) is 10.3. The van der Waals surface area contributed by atoms with Crippen LogP contribution in [0.5, 0.6) is 5.75 Å². The highest BCUT2D eigenvalue weighted by Crippen LogP contribution is 2.46. The van der Waals surface area contributed by atoms with Gasteiger partial charge in [-0.25, -0.2) is 13.6 Å². The van der Waals surface area contributed by atoms with Crippen LogP contribution >= 0.6 is 0 Å². The quantitative estimate of drug-likeness (QED) is 0.258. The van der Waals surface area contributed by atoms with Gasteiger partial charge < -0.3 is 18.9 Å². The molecule has 6 rings (SSSR count). The standard InChI is InChI=1S/C27H23F5N4O5/c28-26(29)14-36(17-9-7-16(8-10-17)24-33-25(37)41-35-24)12-11-21(26)38-13-19-22(34-40-23(19)15-5-6-15)18-3-1-2-4-20(18)39-27(30,31)32/h1-4,7-10,15,21H,5-6,11-14H2,(H,33,35,37). The van der Waals surface area contributed by atoms with Crippen LogP contribution in [-0.2, 0) is 11.3 Å². The number of ether oxygens (including phenoxy) is 2. The summed E-state index contributed by atoms with van der Waals surface area (Å²) < 4.78 is 89.5. The van der Waals surface area contributed by atoms with Crippen LogP contribution in [0.15, 0.2) is 62.4 Å².